The number of amides is 3. The zero-order valence-electron chi connectivity index (χ0n) is 21.7. The number of benzene rings is 3. The van der Waals surface area contributed by atoms with Gasteiger partial charge in [0.05, 0.1) is 6.04 Å². The summed E-state index contributed by atoms with van der Waals surface area (Å²) in [6.07, 6.45) is -2.02. The summed E-state index contributed by atoms with van der Waals surface area (Å²) in [6.45, 7) is 3.90. The fraction of sp³-hybridized carbons (Fsp3) is 0.300. The number of nitrogens with one attached hydrogen (secondary N) is 3. The van der Waals surface area contributed by atoms with Gasteiger partial charge in [0.1, 0.15) is 12.6 Å². The van der Waals surface area contributed by atoms with Crippen molar-refractivity contribution in [1.82, 2.24) is 16.0 Å². The third kappa shape index (κ3) is 9.05. The van der Waals surface area contributed by atoms with Gasteiger partial charge in [0.25, 0.3) is 5.91 Å². The van der Waals surface area contributed by atoms with Crippen LogP contribution < -0.4 is 16.0 Å². The van der Waals surface area contributed by atoms with E-state index in [1.54, 1.807) is 13.8 Å². The molecule has 0 saturated carbocycles. The quantitative estimate of drug-likeness (QED) is 0.294. The maximum absolute atomic E-state index is 13.4. The molecule has 0 bridgehead atoms. The van der Waals surface area contributed by atoms with Gasteiger partial charge in [-0.3, -0.25) is 9.59 Å². The Kier molecular flexibility index (Phi) is 10.9. The molecule has 1 unspecified atom stereocenters. The van der Waals surface area contributed by atoms with Gasteiger partial charge >= 0.3 is 6.09 Å². The lowest BCUT2D eigenvalue weighted by atomic mass is 9.96. The molecule has 0 spiro atoms. The van der Waals surface area contributed by atoms with E-state index in [4.69, 9.17) is 4.74 Å². The first-order valence-corrected chi connectivity index (χ1v) is 12.6. The van der Waals surface area contributed by atoms with E-state index in [0.29, 0.717) is 0 Å². The molecule has 38 heavy (non-hydrogen) atoms. The van der Waals surface area contributed by atoms with Gasteiger partial charge in [0.2, 0.25) is 5.91 Å². The number of rotatable bonds is 12. The standard InChI is InChI=1S/C30H35N3O5/c1-21(2)26(27(34)29(36)31-19-23-14-8-4-9-15-23)33-28(35)25(18-22-12-6-3-7-13-22)32-30(37)38-20-24-16-10-5-11-17-24/h3-17,21,25-27,34H,18-20H2,1-2H3,(H,31,36)(H,32,37)(H,33,35)/t25-,26-,27?/m0/s1. The van der Waals surface area contributed by atoms with Crippen LogP contribution in [-0.2, 0) is 33.9 Å². The van der Waals surface area contributed by atoms with Crippen LogP contribution in [0.15, 0.2) is 91.0 Å². The number of ether oxygens (including phenoxy) is 1. The van der Waals surface area contributed by atoms with Crippen LogP contribution in [0.1, 0.15) is 30.5 Å². The number of hydrogen-bond acceptors (Lipinski definition) is 5. The van der Waals surface area contributed by atoms with Gasteiger partial charge < -0.3 is 25.8 Å². The van der Waals surface area contributed by atoms with E-state index >= 15 is 0 Å². The van der Waals surface area contributed by atoms with Crippen molar-refractivity contribution in [3.05, 3.63) is 108 Å². The Morgan fingerprint density at radius 2 is 1.26 bits per heavy atom. The Morgan fingerprint density at radius 1 is 0.737 bits per heavy atom. The van der Waals surface area contributed by atoms with Crippen LogP contribution in [0.5, 0.6) is 0 Å². The second-order valence-electron chi connectivity index (χ2n) is 9.38. The lowest BCUT2D eigenvalue weighted by Crippen LogP contribution is -2.57. The van der Waals surface area contributed by atoms with Crippen LogP contribution in [0.4, 0.5) is 4.79 Å². The highest BCUT2D eigenvalue weighted by Crippen LogP contribution is 2.11. The molecule has 0 aromatic heterocycles. The number of aliphatic hydroxyl groups excluding tert-OH is 1. The van der Waals surface area contributed by atoms with Crippen molar-refractivity contribution in [3.63, 3.8) is 0 Å². The molecular formula is C30H35N3O5. The molecule has 3 rings (SSSR count). The van der Waals surface area contributed by atoms with Gasteiger partial charge in [-0.1, -0.05) is 105 Å². The summed E-state index contributed by atoms with van der Waals surface area (Å²) in [5.41, 5.74) is 2.54. The maximum atomic E-state index is 13.4. The Morgan fingerprint density at radius 3 is 1.82 bits per heavy atom. The lowest BCUT2D eigenvalue weighted by molar-refractivity contribution is -0.133. The normalized spacial score (nSPS) is 13.2. The van der Waals surface area contributed by atoms with Crippen LogP contribution in [0.3, 0.4) is 0 Å². The Bertz CT molecular complexity index is 1160. The zero-order chi connectivity index (χ0) is 27.3. The predicted molar refractivity (Wildman–Crippen MR) is 145 cm³/mol. The average molecular weight is 518 g/mol. The summed E-state index contributed by atoms with van der Waals surface area (Å²) in [5, 5.41) is 18.9. The summed E-state index contributed by atoms with van der Waals surface area (Å²) in [6, 6.07) is 25.9. The molecule has 8 nitrogen and oxygen atoms in total. The predicted octanol–water partition coefficient (Wildman–Crippen LogP) is 3.34. The molecule has 8 heteroatoms. The van der Waals surface area contributed by atoms with Crippen molar-refractivity contribution in [2.45, 2.75) is 51.6 Å². The van der Waals surface area contributed by atoms with E-state index in [1.807, 2.05) is 91.0 Å². The molecular weight excluding hydrogens is 482 g/mol. The van der Waals surface area contributed by atoms with Crippen molar-refractivity contribution >= 4 is 17.9 Å². The van der Waals surface area contributed by atoms with Gasteiger partial charge in [-0.05, 0) is 22.6 Å². The van der Waals surface area contributed by atoms with E-state index in [-0.39, 0.29) is 25.5 Å². The molecule has 3 amide bonds. The Labute approximate surface area is 223 Å². The minimum Gasteiger partial charge on any atom is -0.445 e. The van der Waals surface area contributed by atoms with Crippen molar-refractivity contribution in [3.8, 4) is 0 Å². The highest BCUT2D eigenvalue weighted by Gasteiger charge is 2.32. The number of carbonyl (C=O) groups is 3. The third-order valence-electron chi connectivity index (χ3n) is 6.05. The topological polar surface area (TPSA) is 117 Å². The molecule has 3 aromatic rings. The second kappa shape index (κ2) is 14.5. The highest BCUT2D eigenvalue weighted by molar-refractivity contribution is 5.87. The van der Waals surface area contributed by atoms with Gasteiger partial charge in [-0.2, -0.15) is 0 Å². The van der Waals surface area contributed by atoms with Crippen LogP contribution >= 0.6 is 0 Å². The summed E-state index contributed by atoms with van der Waals surface area (Å²) in [7, 11) is 0. The Balaban J connectivity index is 1.66. The SMILES string of the molecule is CC(C)[C@H](NC(=O)[C@H](Cc1ccccc1)NC(=O)OCc1ccccc1)C(O)C(=O)NCc1ccccc1. The molecule has 200 valence electrons. The number of carbonyl (C=O) groups excluding carboxylic acids is 3. The minimum atomic E-state index is -1.48. The van der Waals surface area contributed by atoms with E-state index in [0.717, 1.165) is 16.7 Å². The van der Waals surface area contributed by atoms with Crippen LogP contribution in [0.25, 0.3) is 0 Å². The zero-order valence-corrected chi connectivity index (χ0v) is 21.7. The van der Waals surface area contributed by atoms with Crippen LogP contribution in [0.2, 0.25) is 0 Å². The van der Waals surface area contributed by atoms with Crippen LogP contribution in [-0.4, -0.2) is 41.2 Å². The molecule has 0 radical (unpaired) electrons. The van der Waals surface area contributed by atoms with Crippen molar-refractivity contribution in [1.29, 1.82) is 0 Å². The van der Waals surface area contributed by atoms with Crippen LogP contribution in [0, 0.1) is 5.92 Å². The number of hydrogen-bond donors (Lipinski definition) is 4. The minimum absolute atomic E-state index is 0.0568. The summed E-state index contributed by atoms with van der Waals surface area (Å²) >= 11 is 0. The maximum Gasteiger partial charge on any atom is 0.408 e. The van der Waals surface area contributed by atoms with Gasteiger partial charge in [-0.25, -0.2) is 4.79 Å². The largest absolute Gasteiger partial charge is 0.445 e. The fourth-order valence-corrected chi connectivity index (χ4v) is 3.89. The first-order chi connectivity index (χ1) is 18.3. The van der Waals surface area contributed by atoms with E-state index < -0.39 is 36.1 Å². The number of alkyl carbamates (subject to hydrolysis) is 1. The first-order valence-electron chi connectivity index (χ1n) is 12.6. The van der Waals surface area contributed by atoms with Crippen molar-refractivity contribution < 1.29 is 24.2 Å². The van der Waals surface area contributed by atoms with Crippen molar-refractivity contribution in [2.24, 2.45) is 5.92 Å². The molecule has 3 atom stereocenters. The van der Waals surface area contributed by atoms with E-state index in [2.05, 4.69) is 16.0 Å². The first kappa shape index (κ1) is 28.4. The molecule has 4 N–H and O–H groups in total. The fourth-order valence-electron chi connectivity index (χ4n) is 3.89. The third-order valence-corrected chi connectivity index (χ3v) is 6.05. The molecule has 3 aromatic carbocycles. The molecule has 0 fully saturated rings. The monoisotopic (exact) mass is 517 g/mol. The van der Waals surface area contributed by atoms with Gasteiger partial charge in [-0.15, -0.1) is 0 Å². The molecule has 0 saturated heterocycles. The number of aliphatic hydroxyl groups is 1. The summed E-state index contributed by atoms with van der Waals surface area (Å²) < 4.78 is 5.31. The second-order valence-corrected chi connectivity index (χ2v) is 9.38. The van der Waals surface area contributed by atoms with Gasteiger partial charge in [0.15, 0.2) is 6.10 Å². The Hall–Kier alpha value is -4.17. The summed E-state index contributed by atoms with van der Waals surface area (Å²) in [5.74, 6) is -1.39. The molecule has 0 heterocycles. The molecule has 0 aliphatic heterocycles. The smallest absolute Gasteiger partial charge is 0.408 e. The average Bonchev–Trinajstić information content (AvgIpc) is 2.94. The highest BCUT2D eigenvalue weighted by atomic mass is 16.5. The van der Waals surface area contributed by atoms with Crippen molar-refractivity contribution in [2.75, 3.05) is 0 Å². The molecule has 0 aliphatic rings. The molecule has 0 aliphatic carbocycles. The lowest BCUT2D eigenvalue weighted by Gasteiger charge is -2.29. The summed E-state index contributed by atoms with van der Waals surface area (Å²) in [4.78, 5) is 38.6. The van der Waals surface area contributed by atoms with Gasteiger partial charge in [0, 0.05) is 13.0 Å². The van der Waals surface area contributed by atoms with E-state index in [1.165, 1.54) is 0 Å². The van der Waals surface area contributed by atoms with E-state index in [9.17, 15) is 19.5 Å².